The van der Waals surface area contributed by atoms with Crippen LogP contribution in [-0.2, 0) is 4.79 Å². The van der Waals surface area contributed by atoms with Crippen LogP contribution in [0.15, 0.2) is 4.99 Å². The summed E-state index contributed by atoms with van der Waals surface area (Å²) in [6.07, 6.45) is 9.52. The molecule has 0 saturated carbocycles. The van der Waals surface area contributed by atoms with Gasteiger partial charge >= 0.3 is 0 Å². The fourth-order valence-corrected chi connectivity index (χ4v) is 3.74. The van der Waals surface area contributed by atoms with Crippen LogP contribution >= 0.6 is 24.0 Å². The van der Waals surface area contributed by atoms with E-state index >= 15 is 0 Å². The molecule has 0 aliphatic carbocycles. The molecule has 2 N–H and O–H groups in total. The van der Waals surface area contributed by atoms with Gasteiger partial charge in [0.1, 0.15) is 0 Å². The van der Waals surface area contributed by atoms with Crippen LogP contribution in [0.5, 0.6) is 0 Å². The first-order valence-electron chi connectivity index (χ1n) is 10.2. The topological polar surface area (TPSA) is 60.0 Å². The lowest BCUT2D eigenvalue weighted by Crippen LogP contribution is -2.45. The third kappa shape index (κ3) is 8.41. The molecule has 2 saturated heterocycles. The predicted octanol–water partition coefficient (Wildman–Crippen LogP) is 2.44. The van der Waals surface area contributed by atoms with Gasteiger partial charge in [0.25, 0.3) is 0 Å². The van der Waals surface area contributed by atoms with Crippen molar-refractivity contribution in [2.24, 2.45) is 4.99 Å². The number of amides is 1. The second-order valence-electron chi connectivity index (χ2n) is 7.29. The standard InChI is InChI=1S/C19H37N5O.HI/c1-3-18(25)24-15-10-17(16-24)22-19(20-2)21-11-6-4-7-12-23-13-8-5-9-14-23;/h17H,3-16H2,1-2H3,(H2,20,21,22);1H. The zero-order valence-electron chi connectivity index (χ0n) is 16.6. The highest BCUT2D eigenvalue weighted by molar-refractivity contribution is 14.0. The number of likely N-dealkylation sites (tertiary alicyclic amines) is 2. The SMILES string of the molecule is CCC(=O)N1CCC(NC(=NC)NCCCCCN2CCCCC2)C1.I. The van der Waals surface area contributed by atoms with Crippen molar-refractivity contribution in [3.05, 3.63) is 0 Å². The van der Waals surface area contributed by atoms with Gasteiger partial charge in [0.15, 0.2) is 5.96 Å². The minimum absolute atomic E-state index is 0. The third-order valence-electron chi connectivity index (χ3n) is 5.30. The highest BCUT2D eigenvalue weighted by Crippen LogP contribution is 2.11. The van der Waals surface area contributed by atoms with Crippen molar-refractivity contribution in [2.45, 2.75) is 64.3 Å². The van der Waals surface area contributed by atoms with Crippen LogP contribution in [0.3, 0.4) is 0 Å². The number of carbonyl (C=O) groups excluding carboxylic acids is 1. The van der Waals surface area contributed by atoms with Crippen LogP contribution in [0.25, 0.3) is 0 Å². The molecule has 0 aromatic carbocycles. The summed E-state index contributed by atoms with van der Waals surface area (Å²) in [6, 6.07) is 0.320. The molecule has 0 aromatic heterocycles. The summed E-state index contributed by atoms with van der Waals surface area (Å²) in [5.41, 5.74) is 0. The van der Waals surface area contributed by atoms with Gasteiger partial charge < -0.3 is 20.4 Å². The van der Waals surface area contributed by atoms with Crippen LogP contribution in [0.4, 0.5) is 0 Å². The quantitative estimate of drug-likeness (QED) is 0.243. The zero-order chi connectivity index (χ0) is 17.9. The maximum absolute atomic E-state index is 11.8. The maximum Gasteiger partial charge on any atom is 0.222 e. The first kappa shape index (κ1) is 23.5. The lowest BCUT2D eigenvalue weighted by atomic mass is 10.1. The average Bonchev–Trinajstić information content (AvgIpc) is 3.12. The molecule has 1 unspecified atom stereocenters. The van der Waals surface area contributed by atoms with E-state index in [2.05, 4.69) is 20.5 Å². The van der Waals surface area contributed by atoms with Crippen molar-refractivity contribution >= 4 is 35.8 Å². The van der Waals surface area contributed by atoms with Crippen molar-refractivity contribution in [3.63, 3.8) is 0 Å². The first-order valence-corrected chi connectivity index (χ1v) is 10.2. The van der Waals surface area contributed by atoms with Gasteiger partial charge in [0.05, 0.1) is 0 Å². The van der Waals surface area contributed by atoms with Crippen molar-refractivity contribution in [1.82, 2.24) is 20.4 Å². The molecule has 7 heteroatoms. The van der Waals surface area contributed by atoms with E-state index in [0.29, 0.717) is 12.5 Å². The van der Waals surface area contributed by atoms with Crippen LogP contribution in [-0.4, -0.2) is 74.0 Å². The summed E-state index contributed by atoms with van der Waals surface area (Å²) in [6.45, 7) is 8.40. The Bertz CT molecular complexity index is 426. The van der Waals surface area contributed by atoms with Crippen LogP contribution in [0, 0.1) is 0 Å². The molecule has 0 bridgehead atoms. The third-order valence-corrected chi connectivity index (χ3v) is 5.30. The van der Waals surface area contributed by atoms with Crippen LogP contribution in [0.2, 0.25) is 0 Å². The number of halogens is 1. The van der Waals surface area contributed by atoms with Gasteiger partial charge in [-0.05, 0) is 51.7 Å². The Balaban J connectivity index is 0.00000338. The van der Waals surface area contributed by atoms with Crippen molar-refractivity contribution in [1.29, 1.82) is 0 Å². The van der Waals surface area contributed by atoms with E-state index in [1.807, 2.05) is 18.9 Å². The Morgan fingerprint density at radius 3 is 2.58 bits per heavy atom. The molecular formula is C19H38IN5O. The number of nitrogens with zero attached hydrogens (tertiary/aromatic N) is 3. The smallest absolute Gasteiger partial charge is 0.222 e. The minimum atomic E-state index is 0. The van der Waals surface area contributed by atoms with Gasteiger partial charge in [-0.1, -0.05) is 19.8 Å². The van der Waals surface area contributed by atoms with Gasteiger partial charge in [-0.3, -0.25) is 9.79 Å². The second-order valence-corrected chi connectivity index (χ2v) is 7.29. The Morgan fingerprint density at radius 2 is 1.88 bits per heavy atom. The molecular weight excluding hydrogens is 441 g/mol. The molecule has 0 aromatic rings. The van der Waals surface area contributed by atoms with Crippen molar-refractivity contribution < 1.29 is 4.79 Å². The molecule has 26 heavy (non-hydrogen) atoms. The summed E-state index contributed by atoms with van der Waals surface area (Å²) in [5.74, 6) is 1.12. The number of hydrogen-bond donors (Lipinski definition) is 2. The lowest BCUT2D eigenvalue weighted by Gasteiger charge is -2.26. The lowest BCUT2D eigenvalue weighted by molar-refractivity contribution is -0.129. The molecule has 0 spiro atoms. The highest BCUT2D eigenvalue weighted by atomic mass is 127. The number of piperidine rings is 1. The highest BCUT2D eigenvalue weighted by Gasteiger charge is 2.25. The number of guanidine groups is 1. The predicted molar refractivity (Wildman–Crippen MR) is 119 cm³/mol. The van der Waals surface area contributed by atoms with E-state index in [1.165, 1.54) is 58.2 Å². The largest absolute Gasteiger partial charge is 0.356 e. The van der Waals surface area contributed by atoms with Gasteiger partial charge in [0, 0.05) is 39.1 Å². The molecule has 0 radical (unpaired) electrons. The van der Waals surface area contributed by atoms with Gasteiger partial charge in [-0.15, -0.1) is 24.0 Å². The monoisotopic (exact) mass is 479 g/mol. The Kier molecular flexibility index (Phi) is 12.3. The summed E-state index contributed by atoms with van der Waals surface area (Å²) in [4.78, 5) is 20.6. The van der Waals surface area contributed by atoms with E-state index in [-0.39, 0.29) is 29.9 Å². The molecule has 152 valence electrons. The summed E-state index contributed by atoms with van der Waals surface area (Å²) >= 11 is 0. The Labute approximate surface area is 176 Å². The van der Waals surface area contributed by atoms with E-state index in [1.54, 1.807) is 0 Å². The maximum atomic E-state index is 11.8. The van der Waals surface area contributed by atoms with Crippen LogP contribution in [0.1, 0.15) is 58.3 Å². The molecule has 2 heterocycles. The fourth-order valence-electron chi connectivity index (χ4n) is 3.74. The fraction of sp³-hybridized carbons (Fsp3) is 0.895. The van der Waals surface area contributed by atoms with Gasteiger partial charge in [-0.2, -0.15) is 0 Å². The number of hydrogen-bond acceptors (Lipinski definition) is 3. The summed E-state index contributed by atoms with van der Waals surface area (Å²) in [7, 11) is 1.82. The van der Waals surface area contributed by atoms with Gasteiger partial charge in [0.2, 0.25) is 5.91 Å². The number of carbonyl (C=O) groups is 1. The number of unbranched alkanes of at least 4 members (excludes halogenated alkanes) is 2. The molecule has 2 aliphatic heterocycles. The number of aliphatic imine (C=N–C) groups is 1. The number of rotatable bonds is 8. The normalized spacial score (nSPS) is 21.4. The molecule has 2 aliphatic rings. The van der Waals surface area contributed by atoms with E-state index in [4.69, 9.17) is 0 Å². The van der Waals surface area contributed by atoms with E-state index in [0.717, 1.165) is 32.0 Å². The molecule has 6 nitrogen and oxygen atoms in total. The molecule has 2 fully saturated rings. The van der Waals surface area contributed by atoms with E-state index in [9.17, 15) is 4.79 Å². The molecule has 1 atom stereocenters. The average molecular weight is 479 g/mol. The number of nitrogens with one attached hydrogen (secondary N) is 2. The molecule has 1 amide bonds. The summed E-state index contributed by atoms with van der Waals surface area (Å²) in [5, 5.41) is 6.87. The molecule has 2 rings (SSSR count). The Morgan fingerprint density at radius 1 is 1.12 bits per heavy atom. The van der Waals surface area contributed by atoms with Crippen molar-refractivity contribution in [2.75, 3.05) is 46.3 Å². The minimum Gasteiger partial charge on any atom is -0.356 e. The Hall–Kier alpha value is -0.570. The van der Waals surface area contributed by atoms with Crippen LogP contribution < -0.4 is 10.6 Å². The first-order chi connectivity index (χ1) is 12.2. The van der Waals surface area contributed by atoms with Crippen molar-refractivity contribution in [3.8, 4) is 0 Å². The second kappa shape index (κ2) is 13.6. The van der Waals surface area contributed by atoms with Gasteiger partial charge in [-0.25, -0.2) is 0 Å². The zero-order valence-corrected chi connectivity index (χ0v) is 19.0. The van der Waals surface area contributed by atoms with E-state index < -0.39 is 0 Å². The summed E-state index contributed by atoms with van der Waals surface area (Å²) < 4.78 is 0.